The highest BCUT2D eigenvalue weighted by molar-refractivity contribution is 6.35. The maximum atomic E-state index is 11.6. The summed E-state index contributed by atoms with van der Waals surface area (Å²) in [4.78, 5) is 20.7. The van der Waals surface area contributed by atoms with E-state index >= 15 is 0 Å². The molecule has 1 aliphatic heterocycles. The predicted octanol–water partition coefficient (Wildman–Crippen LogP) is 3.45. The lowest BCUT2D eigenvalue weighted by Crippen LogP contribution is -2.45. The highest BCUT2D eigenvalue weighted by Gasteiger charge is 2.29. The predicted molar refractivity (Wildman–Crippen MR) is 123 cm³/mol. The molecule has 0 saturated carbocycles. The molecule has 2 atom stereocenters. The first-order chi connectivity index (χ1) is 15.5. The molecular formula is C23H23ClN4O4. The summed E-state index contributed by atoms with van der Waals surface area (Å²) in [7, 11) is 3.16. The minimum atomic E-state index is -0.243. The average Bonchev–Trinajstić information content (AvgIpc) is 3.25. The maximum absolute atomic E-state index is 11.6. The summed E-state index contributed by atoms with van der Waals surface area (Å²) in [6, 6.07) is 9.08. The molecule has 0 bridgehead atoms. The summed E-state index contributed by atoms with van der Waals surface area (Å²) in [5.41, 5.74) is 2.44. The van der Waals surface area contributed by atoms with E-state index in [-0.39, 0.29) is 18.0 Å². The Morgan fingerprint density at radius 2 is 2.03 bits per heavy atom. The third-order valence-electron chi connectivity index (χ3n) is 5.27. The van der Waals surface area contributed by atoms with Crippen LogP contribution in [0.25, 0.3) is 22.0 Å². The summed E-state index contributed by atoms with van der Waals surface area (Å²) in [5.74, 6) is 1.40. The Morgan fingerprint density at radius 3 is 2.78 bits per heavy atom. The lowest BCUT2D eigenvalue weighted by molar-refractivity contribution is -0.117. The van der Waals surface area contributed by atoms with Crippen molar-refractivity contribution in [2.45, 2.75) is 12.1 Å². The zero-order chi connectivity index (χ0) is 22.7. The van der Waals surface area contributed by atoms with E-state index in [1.165, 1.54) is 6.08 Å². The number of amides is 1. The van der Waals surface area contributed by atoms with Crippen LogP contribution in [0.2, 0.25) is 5.02 Å². The highest BCUT2D eigenvalue weighted by atomic mass is 35.5. The van der Waals surface area contributed by atoms with Crippen LogP contribution in [-0.2, 0) is 9.53 Å². The van der Waals surface area contributed by atoms with Gasteiger partial charge in [-0.25, -0.2) is 9.97 Å². The molecule has 2 heterocycles. The largest absolute Gasteiger partial charge is 0.497 e. The van der Waals surface area contributed by atoms with Gasteiger partial charge in [-0.15, -0.1) is 0 Å². The molecule has 1 aliphatic rings. The van der Waals surface area contributed by atoms with Gasteiger partial charge in [0.15, 0.2) is 0 Å². The minimum absolute atomic E-state index is 0.140. The number of ether oxygens (including phenoxy) is 3. The zero-order valence-electron chi connectivity index (χ0n) is 17.7. The number of nitrogens with one attached hydrogen (secondary N) is 2. The molecule has 1 fully saturated rings. The topological polar surface area (TPSA) is 94.6 Å². The number of nitrogens with zero attached hydrogens (tertiary/aromatic N) is 2. The Hall–Kier alpha value is -3.36. The smallest absolute Gasteiger partial charge is 0.243 e. The first-order valence-electron chi connectivity index (χ1n) is 9.98. The van der Waals surface area contributed by atoms with Crippen molar-refractivity contribution in [2.24, 2.45) is 0 Å². The molecule has 9 heteroatoms. The quantitative estimate of drug-likeness (QED) is 0.528. The van der Waals surface area contributed by atoms with E-state index in [9.17, 15) is 4.79 Å². The van der Waals surface area contributed by atoms with Crippen LogP contribution < -0.4 is 20.1 Å². The molecule has 0 aliphatic carbocycles. The van der Waals surface area contributed by atoms with Crippen molar-refractivity contribution in [3.8, 4) is 22.6 Å². The third kappa shape index (κ3) is 4.46. The van der Waals surface area contributed by atoms with Gasteiger partial charge in [0.1, 0.15) is 11.5 Å². The van der Waals surface area contributed by atoms with E-state index in [0.29, 0.717) is 35.7 Å². The van der Waals surface area contributed by atoms with Crippen molar-refractivity contribution in [2.75, 3.05) is 32.8 Å². The van der Waals surface area contributed by atoms with Crippen molar-refractivity contribution in [1.82, 2.24) is 15.3 Å². The van der Waals surface area contributed by atoms with Crippen LogP contribution in [-0.4, -0.2) is 55.4 Å². The summed E-state index contributed by atoms with van der Waals surface area (Å²) in [6.45, 7) is 4.34. The van der Waals surface area contributed by atoms with Gasteiger partial charge in [-0.1, -0.05) is 24.2 Å². The van der Waals surface area contributed by atoms with Gasteiger partial charge in [0.2, 0.25) is 11.9 Å². The van der Waals surface area contributed by atoms with Crippen LogP contribution in [0.15, 0.2) is 49.2 Å². The fourth-order valence-corrected chi connectivity index (χ4v) is 3.86. The molecular weight excluding hydrogens is 432 g/mol. The molecule has 0 unspecified atom stereocenters. The molecule has 8 nitrogen and oxygen atoms in total. The summed E-state index contributed by atoms with van der Waals surface area (Å²) < 4.78 is 16.2. The molecule has 2 aromatic carbocycles. The number of anilines is 1. The van der Waals surface area contributed by atoms with E-state index in [4.69, 9.17) is 25.8 Å². The number of hydrogen-bond acceptors (Lipinski definition) is 7. The molecule has 0 radical (unpaired) electrons. The molecule has 1 aromatic heterocycles. The van der Waals surface area contributed by atoms with Crippen LogP contribution in [0, 0.1) is 0 Å². The second-order valence-electron chi connectivity index (χ2n) is 7.27. The van der Waals surface area contributed by atoms with Gasteiger partial charge < -0.3 is 24.8 Å². The lowest BCUT2D eigenvalue weighted by Gasteiger charge is -2.19. The summed E-state index contributed by atoms with van der Waals surface area (Å²) in [5, 5.41) is 7.45. The van der Waals surface area contributed by atoms with E-state index in [0.717, 1.165) is 22.0 Å². The SMILES string of the molecule is C=CC(=O)N[C@H]1COC[C@H]1Nc1ncc2cc(-c3cc(OC)cc(OC)c3Cl)ccc2n1. The molecule has 1 saturated heterocycles. The zero-order valence-corrected chi connectivity index (χ0v) is 18.5. The Labute approximate surface area is 190 Å². The molecule has 1 amide bonds. The van der Waals surface area contributed by atoms with Crippen LogP contribution in [0.5, 0.6) is 11.5 Å². The minimum Gasteiger partial charge on any atom is -0.497 e. The Kier molecular flexibility index (Phi) is 6.43. The number of aromatic nitrogens is 2. The first-order valence-corrected chi connectivity index (χ1v) is 10.4. The third-order valence-corrected chi connectivity index (χ3v) is 5.66. The number of carbonyl (C=O) groups is 1. The van der Waals surface area contributed by atoms with E-state index < -0.39 is 0 Å². The molecule has 0 spiro atoms. The summed E-state index contributed by atoms with van der Waals surface area (Å²) in [6.07, 6.45) is 2.98. The van der Waals surface area contributed by atoms with Gasteiger partial charge in [0.05, 0.1) is 50.1 Å². The number of carbonyl (C=O) groups excluding carboxylic acids is 1. The molecule has 3 aromatic rings. The fraction of sp³-hybridized carbons (Fsp3) is 0.261. The molecule has 2 N–H and O–H groups in total. The van der Waals surface area contributed by atoms with Gasteiger partial charge >= 0.3 is 0 Å². The number of rotatable bonds is 7. The van der Waals surface area contributed by atoms with Crippen LogP contribution in [0.4, 0.5) is 5.95 Å². The van der Waals surface area contributed by atoms with Crippen molar-refractivity contribution >= 4 is 34.4 Å². The van der Waals surface area contributed by atoms with Crippen molar-refractivity contribution in [3.05, 3.63) is 54.2 Å². The van der Waals surface area contributed by atoms with Gasteiger partial charge in [-0.05, 0) is 29.8 Å². The second kappa shape index (κ2) is 9.42. The highest BCUT2D eigenvalue weighted by Crippen LogP contribution is 2.39. The van der Waals surface area contributed by atoms with Crippen molar-refractivity contribution in [1.29, 1.82) is 0 Å². The maximum Gasteiger partial charge on any atom is 0.243 e. The lowest BCUT2D eigenvalue weighted by atomic mass is 10.0. The van der Waals surface area contributed by atoms with Gasteiger partial charge in [0, 0.05) is 23.2 Å². The van der Waals surface area contributed by atoms with Crippen LogP contribution in [0.3, 0.4) is 0 Å². The Bertz CT molecular complexity index is 1170. The Balaban J connectivity index is 1.59. The standard InChI is InChI=1S/C23H23ClN4O4/c1-4-21(29)26-18-11-32-12-19(18)28-23-25-10-14-7-13(5-6-17(14)27-23)16-8-15(30-2)9-20(31-3)22(16)24/h4-10,18-19H,1,11-12H2,2-3H3,(H,26,29)(H,25,27,28)/t18-,19+/m0/s1. The first kappa shape index (κ1) is 21.9. The number of benzene rings is 2. The molecule has 4 rings (SSSR count). The van der Waals surface area contributed by atoms with Crippen molar-refractivity contribution < 1.29 is 19.0 Å². The van der Waals surface area contributed by atoms with Gasteiger partial charge in [-0.2, -0.15) is 0 Å². The molecule has 32 heavy (non-hydrogen) atoms. The van der Waals surface area contributed by atoms with E-state index in [2.05, 4.69) is 27.2 Å². The number of methoxy groups -OCH3 is 2. The number of halogens is 1. The number of hydrogen-bond donors (Lipinski definition) is 2. The number of fused-ring (bicyclic) bond motifs is 1. The van der Waals surface area contributed by atoms with Crippen LogP contribution >= 0.6 is 11.6 Å². The van der Waals surface area contributed by atoms with Crippen molar-refractivity contribution in [3.63, 3.8) is 0 Å². The average molecular weight is 455 g/mol. The van der Waals surface area contributed by atoms with E-state index in [1.54, 1.807) is 26.5 Å². The molecule has 166 valence electrons. The normalized spacial score (nSPS) is 17.7. The second-order valence-corrected chi connectivity index (χ2v) is 7.64. The summed E-state index contributed by atoms with van der Waals surface area (Å²) >= 11 is 6.53. The Morgan fingerprint density at radius 1 is 1.22 bits per heavy atom. The van der Waals surface area contributed by atoms with Gasteiger partial charge in [-0.3, -0.25) is 4.79 Å². The van der Waals surface area contributed by atoms with E-state index in [1.807, 2.05) is 24.3 Å². The van der Waals surface area contributed by atoms with Crippen LogP contribution in [0.1, 0.15) is 0 Å². The fourth-order valence-electron chi connectivity index (χ4n) is 3.57. The van der Waals surface area contributed by atoms with Gasteiger partial charge in [0.25, 0.3) is 0 Å². The monoisotopic (exact) mass is 454 g/mol.